The molecule has 0 bridgehead atoms. The van der Waals surface area contributed by atoms with Gasteiger partial charge >= 0.3 is 0 Å². The van der Waals surface area contributed by atoms with E-state index < -0.39 is 0 Å². The highest BCUT2D eigenvalue weighted by atomic mass is 79.9. The fraction of sp³-hybridized carbons (Fsp3) is 0.286. The molecule has 0 aliphatic carbocycles. The predicted molar refractivity (Wildman–Crippen MR) is 81.0 cm³/mol. The van der Waals surface area contributed by atoms with Crippen molar-refractivity contribution < 1.29 is 14.3 Å². The van der Waals surface area contributed by atoms with Crippen molar-refractivity contribution in [3.63, 3.8) is 0 Å². The SMILES string of the molecule is CCn1cc(Br)c(C(=O)Nc2ccc3c(c2)OCCO3)n1. The Kier molecular flexibility index (Phi) is 3.83. The molecule has 1 aliphatic heterocycles. The molecule has 7 heteroatoms. The van der Waals surface area contributed by atoms with Crippen molar-refractivity contribution >= 4 is 27.5 Å². The Morgan fingerprint density at radius 1 is 1.38 bits per heavy atom. The normalized spacial score (nSPS) is 13.0. The average molecular weight is 352 g/mol. The summed E-state index contributed by atoms with van der Waals surface area (Å²) in [4.78, 5) is 12.2. The van der Waals surface area contributed by atoms with Crippen LogP contribution in [0.15, 0.2) is 28.9 Å². The lowest BCUT2D eigenvalue weighted by atomic mass is 10.2. The van der Waals surface area contributed by atoms with Crippen LogP contribution in [-0.4, -0.2) is 28.9 Å². The molecule has 3 rings (SSSR count). The van der Waals surface area contributed by atoms with Crippen molar-refractivity contribution in [2.24, 2.45) is 0 Å². The van der Waals surface area contributed by atoms with E-state index in [-0.39, 0.29) is 5.91 Å². The summed E-state index contributed by atoms with van der Waals surface area (Å²) in [6.07, 6.45) is 1.78. The van der Waals surface area contributed by atoms with Gasteiger partial charge in [-0.3, -0.25) is 9.48 Å². The summed E-state index contributed by atoms with van der Waals surface area (Å²) in [5, 5.41) is 7.02. The Morgan fingerprint density at radius 2 is 2.14 bits per heavy atom. The van der Waals surface area contributed by atoms with Crippen LogP contribution in [0, 0.1) is 0 Å². The second-order valence-corrected chi connectivity index (χ2v) is 5.35. The monoisotopic (exact) mass is 351 g/mol. The third-order valence-electron chi connectivity index (χ3n) is 3.06. The Labute approximate surface area is 130 Å². The Hall–Kier alpha value is -2.02. The van der Waals surface area contributed by atoms with Gasteiger partial charge in [-0.2, -0.15) is 5.10 Å². The lowest BCUT2D eigenvalue weighted by Crippen LogP contribution is -2.17. The van der Waals surface area contributed by atoms with Crippen LogP contribution in [0.2, 0.25) is 0 Å². The van der Waals surface area contributed by atoms with Gasteiger partial charge in [0.05, 0.1) is 4.47 Å². The number of benzene rings is 1. The molecule has 0 saturated carbocycles. The van der Waals surface area contributed by atoms with Gasteiger partial charge in [-0.05, 0) is 35.0 Å². The highest BCUT2D eigenvalue weighted by molar-refractivity contribution is 9.10. The third kappa shape index (κ3) is 2.87. The van der Waals surface area contributed by atoms with E-state index >= 15 is 0 Å². The second kappa shape index (κ2) is 5.77. The molecule has 110 valence electrons. The standard InChI is InChI=1S/C14H14BrN3O3/c1-2-18-8-10(15)13(17-18)14(19)16-9-3-4-11-12(7-9)21-6-5-20-11/h3-4,7-8H,2,5-6H2,1H3,(H,16,19). The number of nitrogens with one attached hydrogen (secondary N) is 1. The summed E-state index contributed by atoms with van der Waals surface area (Å²) >= 11 is 3.34. The van der Waals surface area contributed by atoms with Gasteiger partial charge in [-0.1, -0.05) is 0 Å². The van der Waals surface area contributed by atoms with Crippen molar-refractivity contribution in [1.29, 1.82) is 0 Å². The van der Waals surface area contributed by atoms with Crippen LogP contribution in [0.4, 0.5) is 5.69 Å². The van der Waals surface area contributed by atoms with Gasteiger partial charge in [-0.25, -0.2) is 0 Å². The number of nitrogens with zero attached hydrogens (tertiary/aromatic N) is 2. The van der Waals surface area contributed by atoms with Gasteiger partial charge < -0.3 is 14.8 Å². The first-order valence-electron chi connectivity index (χ1n) is 6.61. The first-order valence-corrected chi connectivity index (χ1v) is 7.40. The van der Waals surface area contributed by atoms with E-state index in [9.17, 15) is 4.79 Å². The first kappa shape index (κ1) is 13.9. The topological polar surface area (TPSA) is 65.4 Å². The van der Waals surface area contributed by atoms with Crippen LogP contribution in [0.25, 0.3) is 0 Å². The molecule has 1 amide bonds. The summed E-state index contributed by atoms with van der Waals surface area (Å²) in [6, 6.07) is 5.30. The van der Waals surface area contributed by atoms with Gasteiger partial charge in [0.25, 0.3) is 5.91 Å². The lowest BCUT2D eigenvalue weighted by molar-refractivity contribution is 0.102. The molecule has 0 radical (unpaired) electrons. The number of rotatable bonds is 3. The maximum absolute atomic E-state index is 12.2. The molecule has 0 fully saturated rings. The highest BCUT2D eigenvalue weighted by Crippen LogP contribution is 2.32. The van der Waals surface area contributed by atoms with E-state index in [0.29, 0.717) is 47.1 Å². The molecule has 0 spiro atoms. The molecule has 2 aromatic rings. The molecule has 0 atom stereocenters. The van der Waals surface area contributed by atoms with Gasteiger partial charge in [0, 0.05) is 24.5 Å². The van der Waals surface area contributed by atoms with Gasteiger partial charge in [0.1, 0.15) is 13.2 Å². The van der Waals surface area contributed by atoms with Crippen molar-refractivity contribution in [2.45, 2.75) is 13.5 Å². The van der Waals surface area contributed by atoms with Crippen molar-refractivity contribution in [2.75, 3.05) is 18.5 Å². The minimum atomic E-state index is -0.272. The molecule has 6 nitrogen and oxygen atoms in total. The second-order valence-electron chi connectivity index (χ2n) is 4.49. The van der Waals surface area contributed by atoms with Crippen LogP contribution in [0.5, 0.6) is 11.5 Å². The van der Waals surface area contributed by atoms with E-state index in [1.54, 1.807) is 29.1 Å². The number of fused-ring (bicyclic) bond motifs is 1. The Morgan fingerprint density at radius 3 is 2.86 bits per heavy atom. The summed E-state index contributed by atoms with van der Waals surface area (Å²) in [7, 11) is 0. The molecule has 1 N–H and O–H groups in total. The van der Waals surface area contributed by atoms with E-state index in [1.807, 2.05) is 6.92 Å². The molecule has 0 saturated heterocycles. The van der Waals surface area contributed by atoms with Crippen LogP contribution in [-0.2, 0) is 6.54 Å². The first-order chi connectivity index (χ1) is 10.2. The zero-order valence-corrected chi connectivity index (χ0v) is 13.0. The number of hydrogen-bond donors (Lipinski definition) is 1. The van der Waals surface area contributed by atoms with Crippen molar-refractivity contribution in [3.8, 4) is 11.5 Å². The summed E-state index contributed by atoms with van der Waals surface area (Å²) in [5.41, 5.74) is 0.994. The molecule has 2 heterocycles. The minimum absolute atomic E-state index is 0.272. The van der Waals surface area contributed by atoms with Crippen LogP contribution >= 0.6 is 15.9 Å². The molecule has 1 aromatic carbocycles. The number of ether oxygens (including phenoxy) is 2. The lowest BCUT2D eigenvalue weighted by Gasteiger charge is -2.18. The number of aryl methyl sites for hydroxylation is 1. The average Bonchev–Trinajstić information content (AvgIpc) is 2.88. The number of hydrogen-bond acceptors (Lipinski definition) is 4. The molecule has 1 aromatic heterocycles. The van der Waals surface area contributed by atoms with Gasteiger partial charge in [0.2, 0.25) is 0 Å². The van der Waals surface area contributed by atoms with Gasteiger partial charge in [0.15, 0.2) is 17.2 Å². The number of aromatic nitrogens is 2. The fourth-order valence-corrected chi connectivity index (χ4v) is 2.52. The Balaban J connectivity index is 1.79. The maximum Gasteiger partial charge on any atom is 0.277 e. The largest absolute Gasteiger partial charge is 0.486 e. The minimum Gasteiger partial charge on any atom is -0.486 e. The molecule has 21 heavy (non-hydrogen) atoms. The quantitative estimate of drug-likeness (QED) is 0.923. The predicted octanol–water partition coefficient (Wildman–Crippen LogP) is 2.69. The van der Waals surface area contributed by atoms with Crippen LogP contribution in [0.1, 0.15) is 17.4 Å². The zero-order chi connectivity index (χ0) is 14.8. The number of anilines is 1. The summed E-state index contributed by atoms with van der Waals surface area (Å²) in [5.74, 6) is 1.05. The summed E-state index contributed by atoms with van der Waals surface area (Å²) < 4.78 is 13.3. The number of carbonyl (C=O) groups is 1. The van der Waals surface area contributed by atoms with E-state index in [1.165, 1.54) is 0 Å². The third-order valence-corrected chi connectivity index (χ3v) is 3.64. The van der Waals surface area contributed by atoms with Crippen LogP contribution in [0.3, 0.4) is 0 Å². The zero-order valence-electron chi connectivity index (χ0n) is 11.4. The van der Waals surface area contributed by atoms with E-state index in [2.05, 4.69) is 26.3 Å². The smallest absolute Gasteiger partial charge is 0.277 e. The van der Waals surface area contributed by atoms with Crippen molar-refractivity contribution in [1.82, 2.24) is 9.78 Å². The molecule has 1 aliphatic rings. The molecular weight excluding hydrogens is 338 g/mol. The van der Waals surface area contributed by atoms with Crippen LogP contribution < -0.4 is 14.8 Å². The molecule has 0 unspecified atom stereocenters. The fourth-order valence-electron chi connectivity index (χ4n) is 2.02. The highest BCUT2D eigenvalue weighted by Gasteiger charge is 2.17. The number of carbonyl (C=O) groups excluding carboxylic acids is 1. The van der Waals surface area contributed by atoms with Gasteiger partial charge in [-0.15, -0.1) is 0 Å². The number of amides is 1. The summed E-state index contributed by atoms with van der Waals surface area (Å²) in [6.45, 7) is 3.72. The Bertz CT molecular complexity index is 684. The molecular formula is C14H14BrN3O3. The number of halogens is 1. The van der Waals surface area contributed by atoms with Crippen molar-refractivity contribution in [3.05, 3.63) is 34.6 Å². The van der Waals surface area contributed by atoms with E-state index in [0.717, 1.165) is 0 Å². The van der Waals surface area contributed by atoms with E-state index in [4.69, 9.17) is 9.47 Å². The maximum atomic E-state index is 12.2.